The molecule has 2 aromatic rings. The molecule has 0 saturated carbocycles. The summed E-state index contributed by atoms with van der Waals surface area (Å²) in [4.78, 5) is 16.4. The van der Waals surface area contributed by atoms with E-state index in [9.17, 15) is 18.0 Å². The number of thiophene rings is 1. The van der Waals surface area contributed by atoms with Crippen molar-refractivity contribution in [1.82, 2.24) is 10.4 Å². The van der Waals surface area contributed by atoms with Gasteiger partial charge in [0.2, 0.25) is 0 Å². The standard InChI is InChI=1S/C12H10F3N3OS2/c13-12(14,15)7-1-4-10(17-5-7)20-6-8-2-3-9(21-8)11(19)18-16/h1-5H,6,16H2,(H,18,19). The van der Waals surface area contributed by atoms with E-state index in [0.29, 0.717) is 15.7 Å². The number of carbonyl (C=O) groups is 1. The van der Waals surface area contributed by atoms with Gasteiger partial charge in [0.15, 0.2) is 0 Å². The van der Waals surface area contributed by atoms with Gasteiger partial charge in [-0.1, -0.05) is 0 Å². The number of carbonyl (C=O) groups excluding carboxylic acids is 1. The van der Waals surface area contributed by atoms with Gasteiger partial charge in [0.25, 0.3) is 5.91 Å². The average Bonchev–Trinajstić information content (AvgIpc) is 2.92. The van der Waals surface area contributed by atoms with Crippen LogP contribution in [0.25, 0.3) is 0 Å². The summed E-state index contributed by atoms with van der Waals surface area (Å²) in [5.41, 5.74) is 1.26. The number of halogens is 3. The first-order valence-corrected chi connectivity index (χ1v) is 7.46. The van der Waals surface area contributed by atoms with Crippen molar-refractivity contribution >= 4 is 29.0 Å². The number of aromatic nitrogens is 1. The van der Waals surface area contributed by atoms with Crippen molar-refractivity contribution in [2.24, 2.45) is 5.84 Å². The van der Waals surface area contributed by atoms with Gasteiger partial charge in [0, 0.05) is 16.8 Å². The van der Waals surface area contributed by atoms with Gasteiger partial charge in [-0.15, -0.1) is 23.1 Å². The number of nitrogens with one attached hydrogen (secondary N) is 1. The van der Waals surface area contributed by atoms with Crippen LogP contribution < -0.4 is 11.3 Å². The van der Waals surface area contributed by atoms with Crippen LogP contribution in [0.4, 0.5) is 13.2 Å². The fraction of sp³-hybridized carbons (Fsp3) is 0.167. The molecule has 3 N–H and O–H groups in total. The minimum atomic E-state index is -4.38. The first-order chi connectivity index (χ1) is 9.90. The smallest absolute Gasteiger partial charge is 0.289 e. The fourth-order valence-corrected chi connectivity index (χ4v) is 3.22. The summed E-state index contributed by atoms with van der Waals surface area (Å²) in [5, 5.41) is 0.487. The van der Waals surface area contributed by atoms with Crippen molar-refractivity contribution in [2.75, 3.05) is 0 Å². The highest BCUT2D eigenvalue weighted by atomic mass is 32.2. The third-order valence-electron chi connectivity index (χ3n) is 2.44. The van der Waals surface area contributed by atoms with E-state index >= 15 is 0 Å². The molecule has 2 aromatic heterocycles. The van der Waals surface area contributed by atoms with Gasteiger partial charge in [-0.2, -0.15) is 13.2 Å². The Balaban J connectivity index is 1.97. The lowest BCUT2D eigenvalue weighted by atomic mass is 10.3. The second kappa shape index (κ2) is 6.46. The third-order valence-corrected chi connectivity index (χ3v) is 4.70. The molecule has 21 heavy (non-hydrogen) atoms. The Morgan fingerprint density at radius 1 is 1.33 bits per heavy atom. The summed E-state index contributed by atoms with van der Waals surface area (Å²) < 4.78 is 37.2. The molecule has 0 unspecified atom stereocenters. The van der Waals surface area contributed by atoms with Gasteiger partial charge in [0.05, 0.1) is 15.5 Å². The lowest BCUT2D eigenvalue weighted by Gasteiger charge is -2.06. The van der Waals surface area contributed by atoms with Crippen LogP contribution in [0, 0.1) is 0 Å². The molecule has 0 atom stereocenters. The number of nitrogens with zero attached hydrogens (tertiary/aromatic N) is 1. The van der Waals surface area contributed by atoms with Gasteiger partial charge in [-0.3, -0.25) is 10.2 Å². The van der Waals surface area contributed by atoms with Crippen molar-refractivity contribution in [3.05, 3.63) is 45.8 Å². The molecule has 1 amide bonds. The number of hydrogen-bond donors (Lipinski definition) is 2. The number of pyridine rings is 1. The van der Waals surface area contributed by atoms with E-state index in [-0.39, 0.29) is 5.91 Å². The van der Waals surface area contributed by atoms with Gasteiger partial charge in [0.1, 0.15) is 0 Å². The maximum Gasteiger partial charge on any atom is 0.417 e. The summed E-state index contributed by atoms with van der Waals surface area (Å²) in [5.74, 6) is 5.17. The summed E-state index contributed by atoms with van der Waals surface area (Å²) >= 11 is 2.57. The molecular weight excluding hydrogens is 323 g/mol. The van der Waals surface area contributed by atoms with Crippen LogP contribution in [0.3, 0.4) is 0 Å². The Labute approximate surface area is 126 Å². The number of hydrogen-bond acceptors (Lipinski definition) is 5. The second-order valence-electron chi connectivity index (χ2n) is 3.91. The first-order valence-electron chi connectivity index (χ1n) is 5.66. The molecule has 0 fully saturated rings. The average molecular weight is 333 g/mol. The van der Waals surface area contributed by atoms with Crippen LogP contribution in [0.5, 0.6) is 0 Å². The maximum atomic E-state index is 12.4. The Morgan fingerprint density at radius 2 is 2.10 bits per heavy atom. The molecule has 0 aliphatic rings. The van der Waals surface area contributed by atoms with Crippen molar-refractivity contribution < 1.29 is 18.0 Å². The molecule has 4 nitrogen and oxygen atoms in total. The first kappa shape index (κ1) is 15.8. The highest BCUT2D eigenvalue weighted by Gasteiger charge is 2.30. The van der Waals surface area contributed by atoms with Gasteiger partial charge in [-0.05, 0) is 24.3 Å². The molecule has 0 aliphatic carbocycles. The molecule has 2 rings (SSSR count). The Morgan fingerprint density at radius 3 is 2.67 bits per heavy atom. The van der Waals surface area contributed by atoms with E-state index < -0.39 is 11.7 Å². The van der Waals surface area contributed by atoms with Crippen molar-refractivity contribution in [3.63, 3.8) is 0 Å². The second-order valence-corrected chi connectivity index (χ2v) is 6.07. The van der Waals surface area contributed by atoms with E-state index in [1.54, 1.807) is 12.1 Å². The summed E-state index contributed by atoms with van der Waals surface area (Å²) in [6.45, 7) is 0. The number of nitrogen functional groups attached to an aromatic ring is 1. The van der Waals surface area contributed by atoms with E-state index in [2.05, 4.69) is 4.98 Å². The van der Waals surface area contributed by atoms with Crippen LogP contribution in [0.1, 0.15) is 20.1 Å². The minimum Gasteiger partial charge on any atom is -0.289 e. The normalized spacial score (nSPS) is 11.4. The highest BCUT2D eigenvalue weighted by molar-refractivity contribution is 7.98. The monoisotopic (exact) mass is 333 g/mol. The van der Waals surface area contributed by atoms with E-state index in [4.69, 9.17) is 5.84 Å². The predicted molar refractivity (Wildman–Crippen MR) is 74.8 cm³/mol. The summed E-state index contributed by atoms with van der Waals surface area (Å²) in [7, 11) is 0. The van der Waals surface area contributed by atoms with Crippen molar-refractivity contribution in [1.29, 1.82) is 0 Å². The van der Waals surface area contributed by atoms with E-state index in [1.807, 2.05) is 5.43 Å². The fourth-order valence-electron chi connectivity index (χ4n) is 1.43. The minimum absolute atomic E-state index is 0.371. The van der Waals surface area contributed by atoms with Gasteiger partial charge >= 0.3 is 6.18 Å². The Kier molecular flexibility index (Phi) is 4.86. The Hall–Kier alpha value is -1.58. The molecule has 2 heterocycles. The van der Waals surface area contributed by atoms with Crippen LogP contribution in [0.2, 0.25) is 0 Å². The summed E-state index contributed by atoms with van der Waals surface area (Å²) in [6.07, 6.45) is -3.57. The molecule has 0 aliphatic heterocycles. The molecule has 112 valence electrons. The van der Waals surface area contributed by atoms with Crippen LogP contribution in [-0.4, -0.2) is 10.9 Å². The van der Waals surface area contributed by atoms with Gasteiger partial charge < -0.3 is 0 Å². The number of rotatable bonds is 4. The molecule has 0 saturated heterocycles. The SMILES string of the molecule is NNC(=O)c1ccc(CSc2ccc(C(F)(F)F)cn2)s1. The number of amides is 1. The number of nitrogens with two attached hydrogens (primary N) is 1. The molecule has 0 aromatic carbocycles. The predicted octanol–water partition coefficient (Wildman–Crippen LogP) is 3.06. The van der Waals surface area contributed by atoms with Crippen molar-refractivity contribution in [3.8, 4) is 0 Å². The van der Waals surface area contributed by atoms with Crippen LogP contribution >= 0.6 is 23.1 Å². The lowest BCUT2D eigenvalue weighted by molar-refractivity contribution is -0.137. The van der Waals surface area contributed by atoms with Crippen molar-refractivity contribution in [2.45, 2.75) is 17.0 Å². The lowest BCUT2D eigenvalue weighted by Crippen LogP contribution is -2.29. The van der Waals surface area contributed by atoms with Gasteiger partial charge in [-0.25, -0.2) is 10.8 Å². The van der Waals surface area contributed by atoms with E-state index in [0.717, 1.165) is 17.1 Å². The van der Waals surface area contributed by atoms with E-state index in [1.165, 1.54) is 29.2 Å². The number of thioether (sulfide) groups is 1. The zero-order valence-electron chi connectivity index (χ0n) is 10.5. The zero-order chi connectivity index (χ0) is 15.5. The topological polar surface area (TPSA) is 68.0 Å². The summed E-state index contributed by atoms with van der Waals surface area (Å²) in [6, 6.07) is 5.74. The molecule has 0 bridgehead atoms. The maximum absolute atomic E-state index is 12.4. The molecule has 0 spiro atoms. The molecular formula is C12H10F3N3OS2. The molecule has 0 radical (unpaired) electrons. The third kappa shape index (κ3) is 4.19. The number of hydrazine groups is 1. The highest BCUT2D eigenvalue weighted by Crippen LogP contribution is 2.30. The Bertz CT molecular complexity index is 625. The molecule has 9 heteroatoms. The largest absolute Gasteiger partial charge is 0.417 e. The quantitative estimate of drug-likeness (QED) is 0.390. The van der Waals surface area contributed by atoms with Crippen LogP contribution in [0.15, 0.2) is 35.5 Å². The number of alkyl halides is 3. The zero-order valence-corrected chi connectivity index (χ0v) is 12.1. The van der Waals surface area contributed by atoms with Crippen LogP contribution in [-0.2, 0) is 11.9 Å².